The van der Waals surface area contributed by atoms with E-state index in [1.807, 2.05) is 41.0 Å². The van der Waals surface area contributed by atoms with Crippen LogP contribution in [0.1, 0.15) is 43.7 Å². The van der Waals surface area contributed by atoms with Gasteiger partial charge in [0.15, 0.2) is 0 Å². The van der Waals surface area contributed by atoms with Crippen LogP contribution < -0.4 is 5.32 Å². The number of sulfonamides is 1. The van der Waals surface area contributed by atoms with Crippen molar-refractivity contribution in [1.82, 2.24) is 13.9 Å². The van der Waals surface area contributed by atoms with E-state index in [2.05, 4.69) is 17.2 Å². The van der Waals surface area contributed by atoms with Crippen LogP contribution in [0.2, 0.25) is 0 Å². The molecule has 1 aliphatic carbocycles. The molecular weight excluding hydrogens is 436 g/mol. The fraction of sp³-hybridized carbons (Fsp3) is 0.440. The van der Waals surface area contributed by atoms with E-state index in [1.165, 1.54) is 9.87 Å². The maximum absolute atomic E-state index is 13.2. The van der Waals surface area contributed by atoms with Gasteiger partial charge in [0.1, 0.15) is 0 Å². The summed E-state index contributed by atoms with van der Waals surface area (Å²) >= 11 is 0. The van der Waals surface area contributed by atoms with Crippen LogP contribution in [-0.2, 0) is 34.2 Å². The molecule has 3 aromatic rings. The van der Waals surface area contributed by atoms with Crippen molar-refractivity contribution in [1.29, 1.82) is 0 Å². The third-order valence-electron chi connectivity index (χ3n) is 6.87. The zero-order valence-electron chi connectivity index (χ0n) is 19.0. The van der Waals surface area contributed by atoms with Crippen molar-refractivity contribution in [3.8, 4) is 0 Å². The Hall–Kier alpha value is -2.71. The van der Waals surface area contributed by atoms with Gasteiger partial charge in [0.05, 0.1) is 15.9 Å². The summed E-state index contributed by atoms with van der Waals surface area (Å²) in [5, 5.41) is 3.01. The van der Waals surface area contributed by atoms with Crippen molar-refractivity contribution < 1.29 is 13.2 Å². The zero-order valence-corrected chi connectivity index (χ0v) is 19.8. The molecule has 0 unspecified atom stereocenters. The minimum Gasteiger partial charge on any atom is -0.310 e. The fourth-order valence-electron chi connectivity index (χ4n) is 5.05. The van der Waals surface area contributed by atoms with E-state index >= 15 is 0 Å². The normalized spacial score (nSPS) is 17.4. The second-order valence-electron chi connectivity index (χ2n) is 9.03. The molecule has 5 rings (SSSR count). The topological polar surface area (TPSA) is 84.3 Å². The van der Waals surface area contributed by atoms with E-state index in [1.54, 1.807) is 6.07 Å². The molecule has 174 valence electrons. The van der Waals surface area contributed by atoms with Crippen molar-refractivity contribution in [3.05, 3.63) is 53.6 Å². The predicted molar refractivity (Wildman–Crippen MR) is 129 cm³/mol. The van der Waals surface area contributed by atoms with Crippen LogP contribution in [0, 0.1) is 5.92 Å². The number of amides is 1. The van der Waals surface area contributed by atoms with E-state index in [4.69, 9.17) is 0 Å². The third-order valence-corrected chi connectivity index (χ3v) is 8.76. The van der Waals surface area contributed by atoms with Crippen LogP contribution >= 0.6 is 0 Å². The third kappa shape index (κ3) is 4.17. The van der Waals surface area contributed by atoms with E-state index in [-0.39, 0.29) is 11.8 Å². The molecule has 1 N–H and O–H groups in total. The Kier molecular flexibility index (Phi) is 5.97. The number of hydrogen-bond acceptors (Lipinski definition) is 4. The predicted octanol–water partition coefficient (Wildman–Crippen LogP) is 3.97. The van der Waals surface area contributed by atoms with E-state index in [0.717, 1.165) is 48.8 Å². The number of rotatable bonds is 6. The number of anilines is 1. The van der Waals surface area contributed by atoms with Crippen LogP contribution in [0.15, 0.2) is 47.4 Å². The number of piperidine rings is 1. The minimum absolute atomic E-state index is 0.0859. The summed E-state index contributed by atoms with van der Waals surface area (Å²) in [7, 11) is -3.54. The van der Waals surface area contributed by atoms with Crippen LogP contribution in [0.25, 0.3) is 11.0 Å². The summed E-state index contributed by atoms with van der Waals surface area (Å²) in [6, 6.07) is 13.4. The van der Waals surface area contributed by atoms with E-state index in [9.17, 15) is 13.2 Å². The first-order chi connectivity index (χ1) is 16.0. The maximum atomic E-state index is 13.2. The molecule has 0 spiro atoms. The van der Waals surface area contributed by atoms with E-state index < -0.39 is 10.0 Å². The van der Waals surface area contributed by atoms with Gasteiger partial charge in [0.25, 0.3) is 0 Å². The van der Waals surface area contributed by atoms with Gasteiger partial charge in [0.2, 0.25) is 21.9 Å². The molecule has 1 fully saturated rings. The molecular formula is C25H30N4O3S. The van der Waals surface area contributed by atoms with Crippen LogP contribution in [0.5, 0.6) is 0 Å². The number of para-hydroxylation sites is 2. The highest BCUT2D eigenvalue weighted by Crippen LogP contribution is 2.29. The van der Waals surface area contributed by atoms with Crippen LogP contribution in [0.3, 0.4) is 0 Å². The Morgan fingerprint density at radius 2 is 1.85 bits per heavy atom. The lowest BCUT2D eigenvalue weighted by atomic mass is 9.97. The number of carbonyl (C=O) groups is 1. The lowest BCUT2D eigenvalue weighted by Gasteiger charge is -2.30. The quantitative estimate of drug-likeness (QED) is 0.596. The first-order valence-corrected chi connectivity index (χ1v) is 13.3. The number of aryl methyl sites for hydroxylation is 3. The molecule has 1 saturated heterocycles. The lowest BCUT2D eigenvalue weighted by Crippen LogP contribution is -2.41. The molecule has 1 aromatic heterocycles. The smallest absolute Gasteiger partial charge is 0.243 e. The lowest BCUT2D eigenvalue weighted by molar-refractivity contribution is -0.121. The van der Waals surface area contributed by atoms with Crippen molar-refractivity contribution >= 4 is 32.9 Å². The molecule has 2 aliphatic rings. The van der Waals surface area contributed by atoms with Gasteiger partial charge in [-0.15, -0.1) is 0 Å². The second-order valence-corrected chi connectivity index (χ2v) is 11.0. The number of aromatic nitrogens is 2. The Bertz CT molecular complexity index is 1290. The van der Waals surface area contributed by atoms with Crippen molar-refractivity contribution in [3.63, 3.8) is 0 Å². The average Bonchev–Trinajstić information content (AvgIpc) is 3.43. The number of fused-ring (bicyclic) bond motifs is 2. The molecule has 8 heteroatoms. The maximum Gasteiger partial charge on any atom is 0.243 e. The SMILES string of the molecule is CCCn1c(NC(=O)C2CCN(S(=O)(=O)c3ccc4c(c3)CCC4)CC2)nc2ccccc21. The first kappa shape index (κ1) is 22.1. The first-order valence-electron chi connectivity index (χ1n) is 11.9. The highest BCUT2D eigenvalue weighted by Gasteiger charge is 2.33. The monoisotopic (exact) mass is 466 g/mol. The Morgan fingerprint density at radius 1 is 1.09 bits per heavy atom. The van der Waals surface area contributed by atoms with Gasteiger partial charge in [0, 0.05) is 25.6 Å². The van der Waals surface area contributed by atoms with Crippen LogP contribution in [-0.4, -0.2) is 41.3 Å². The summed E-state index contributed by atoms with van der Waals surface area (Å²) < 4.78 is 29.9. The van der Waals surface area contributed by atoms with Gasteiger partial charge >= 0.3 is 0 Å². The summed E-state index contributed by atoms with van der Waals surface area (Å²) in [6.07, 6.45) is 5.01. The number of carbonyl (C=O) groups excluding carboxylic acids is 1. The molecule has 0 bridgehead atoms. The van der Waals surface area contributed by atoms with Crippen LogP contribution in [0.4, 0.5) is 5.95 Å². The largest absolute Gasteiger partial charge is 0.310 e. The summed E-state index contributed by atoms with van der Waals surface area (Å²) in [5.74, 6) is 0.250. The van der Waals surface area contributed by atoms with Gasteiger partial charge in [-0.2, -0.15) is 4.31 Å². The standard InChI is InChI=1S/C25H30N4O3S/c1-2-14-29-23-9-4-3-8-22(23)26-25(29)27-24(30)19-12-15-28(16-13-19)33(31,32)21-11-10-18-6-5-7-20(18)17-21/h3-4,8-11,17,19H,2,5-7,12-16H2,1H3,(H,26,27,30). The van der Waals surface area contributed by atoms with Gasteiger partial charge in [-0.05, 0) is 73.9 Å². The highest BCUT2D eigenvalue weighted by atomic mass is 32.2. The van der Waals surface area contributed by atoms with Gasteiger partial charge in [-0.25, -0.2) is 13.4 Å². The molecule has 0 saturated carbocycles. The van der Waals surface area contributed by atoms with Crippen molar-refractivity contribution in [2.75, 3.05) is 18.4 Å². The Morgan fingerprint density at radius 3 is 2.64 bits per heavy atom. The molecule has 2 aromatic carbocycles. The highest BCUT2D eigenvalue weighted by molar-refractivity contribution is 7.89. The fourth-order valence-corrected chi connectivity index (χ4v) is 6.57. The average molecular weight is 467 g/mol. The molecule has 33 heavy (non-hydrogen) atoms. The molecule has 0 atom stereocenters. The summed E-state index contributed by atoms with van der Waals surface area (Å²) in [5.41, 5.74) is 4.28. The number of nitrogens with one attached hydrogen (secondary N) is 1. The minimum atomic E-state index is -3.54. The molecule has 1 aliphatic heterocycles. The van der Waals surface area contributed by atoms with E-state index in [0.29, 0.717) is 36.8 Å². The molecule has 0 radical (unpaired) electrons. The Balaban J connectivity index is 1.26. The summed E-state index contributed by atoms with van der Waals surface area (Å²) in [4.78, 5) is 18.0. The molecule has 2 heterocycles. The van der Waals surface area contributed by atoms with Crippen molar-refractivity contribution in [2.45, 2.75) is 56.9 Å². The number of nitrogens with zero attached hydrogens (tertiary/aromatic N) is 3. The zero-order chi connectivity index (χ0) is 23.0. The second kappa shape index (κ2) is 8.91. The molecule has 7 nitrogen and oxygen atoms in total. The van der Waals surface area contributed by atoms with Gasteiger partial charge in [-0.1, -0.05) is 25.1 Å². The number of imidazole rings is 1. The Labute approximate surface area is 194 Å². The number of hydrogen-bond donors (Lipinski definition) is 1. The summed E-state index contributed by atoms with van der Waals surface area (Å²) in [6.45, 7) is 3.57. The number of benzene rings is 2. The van der Waals surface area contributed by atoms with Crippen molar-refractivity contribution in [2.24, 2.45) is 5.92 Å². The molecule has 1 amide bonds. The van der Waals surface area contributed by atoms with Gasteiger partial charge < -0.3 is 4.57 Å². The van der Waals surface area contributed by atoms with Gasteiger partial charge in [-0.3, -0.25) is 10.1 Å².